The van der Waals surface area contributed by atoms with Gasteiger partial charge >= 0.3 is 0 Å². The Morgan fingerprint density at radius 2 is 1.25 bits per heavy atom. The van der Waals surface area contributed by atoms with Crippen LogP contribution < -0.4 is 0 Å². The van der Waals surface area contributed by atoms with Crippen molar-refractivity contribution in [2.75, 3.05) is 13.7 Å². The van der Waals surface area contributed by atoms with Gasteiger partial charge in [0.1, 0.15) is 19.5 Å². The fraction of sp³-hybridized carbons (Fsp3) is 0.641. The summed E-state index contributed by atoms with van der Waals surface area (Å²) in [5, 5.41) is 9.32. The third-order valence-corrected chi connectivity index (χ3v) is 5.42. The molecule has 0 spiro atoms. The maximum atomic E-state index is 4.71. The molecule has 0 bridgehead atoms. The summed E-state index contributed by atoms with van der Waals surface area (Å²) in [5.41, 5.74) is 5.43. The Hall–Kier alpha value is -3.20. The molecule has 8 nitrogen and oxygen atoms in total. The molecule has 0 aliphatic rings. The van der Waals surface area contributed by atoms with Crippen LogP contribution in [0.4, 0.5) is 0 Å². The Balaban J connectivity index is -0.000000113. The molecule has 48 heavy (non-hydrogen) atoms. The monoisotopic (exact) mass is 693 g/mol. The van der Waals surface area contributed by atoms with Crippen molar-refractivity contribution in [2.45, 2.75) is 132 Å². The largest absolute Gasteiger partial charge is 0.399 e. The first-order chi connectivity index (χ1) is 20.8. The van der Waals surface area contributed by atoms with Crippen LogP contribution in [0.25, 0.3) is 0 Å². The highest BCUT2D eigenvalue weighted by atomic mass is 32.1. The van der Waals surface area contributed by atoms with Crippen LogP contribution in [0.2, 0.25) is 0 Å². The third-order valence-electron chi connectivity index (χ3n) is 4.79. The third kappa shape index (κ3) is 40.8. The van der Waals surface area contributed by atoms with Gasteiger partial charge in [-0.1, -0.05) is 115 Å². The van der Waals surface area contributed by atoms with Crippen LogP contribution in [0.1, 0.15) is 135 Å². The number of nitrogens with zero attached hydrogens (tertiary/aromatic N) is 6. The van der Waals surface area contributed by atoms with Crippen molar-refractivity contribution < 1.29 is 9.68 Å². The summed E-state index contributed by atoms with van der Waals surface area (Å²) in [6.07, 6.45) is 11.3. The molecular formula is C39H76N6O2S. The highest BCUT2D eigenvalue weighted by molar-refractivity contribution is 7.07. The predicted octanol–water partition coefficient (Wildman–Crippen LogP) is 12.0. The van der Waals surface area contributed by atoms with Crippen molar-refractivity contribution in [1.82, 2.24) is 19.9 Å². The minimum Gasteiger partial charge on any atom is -0.399 e. The van der Waals surface area contributed by atoms with Gasteiger partial charge in [0.15, 0.2) is 0 Å². The molecule has 0 aliphatic carbocycles. The maximum Gasteiger partial charge on any atom is 0.130 e. The van der Waals surface area contributed by atoms with Crippen LogP contribution >= 0.6 is 11.3 Å². The standard InChI is InChI=1S/C9H13N.C8H12N2.C7H11NS.C6H13NO.C5H11NO.4CH4/c1-8(2)7-9-5-3-4-6-10-9;1-6(2)8-9-4-7(3)5-10-8;1-6(2)3-7-4-9-5-8-7;1-4-8-7-5-6(2)3;1-5(2)4-6-7-3;;;;/h3-6,8H,7H2,1-2H3;4-6H,1-3H3;4-6H,3H2,1-2H3;5-6H,4H2,1-3H3;4-5H,1-3H3;4*1H4. The molecule has 0 saturated heterocycles. The molecule has 0 amide bonds. The van der Waals surface area contributed by atoms with E-state index in [1.54, 1.807) is 30.9 Å². The summed E-state index contributed by atoms with van der Waals surface area (Å²) in [5.74, 6) is 3.76. The molecule has 0 N–H and O–H groups in total. The van der Waals surface area contributed by atoms with Gasteiger partial charge in [-0.05, 0) is 68.1 Å². The molecule has 0 unspecified atom stereocenters. The number of pyridine rings is 1. The van der Waals surface area contributed by atoms with E-state index in [9.17, 15) is 0 Å². The van der Waals surface area contributed by atoms with Gasteiger partial charge in [-0.2, -0.15) is 0 Å². The van der Waals surface area contributed by atoms with Crippen molar-refractivity contribution >= 4 is 23.8 Å². The molecule has 0 radical (unpaired) electrons. The molecule has 0 atom stereocenters. The van der Waals surface area contributed by atoms with E-state index < -0.39 is 0 Å². The van der Waals surface area contributed by atoms with Gasteiger partial charge in [-0.25, -0.2) is 15.0 Å². The fourth-order valence-electron chi connectivity index (χ4n) is 2.82. The molecule has 3 rings (SSSR count). The normalized spacial score (nSPS) is 9.71. The smallest absolute Gasteiger partial charge is 0.130 e. The number of aryl methyl sites for hydroxylation is 1. The second-order valence-electron chi connectivity index (χ2n) is 11.9. The van der Waals surface area contributed by atoms with Crippen LogP contribution in [0.15, 0.2) is 58.0 Å². The second kappa shape index (κ2) is 38.2. The maximum absolute atomic E-state index is 4.71. The van der Waals surface area contributed by atoms with E-state index in [0.29, 0.717) is 30.3 Å². The summed E-state index contributed by atoms with van der Waals surface area (Å²) >= 11 is 1.67. The van der Waals surface area contributed by atoms with Crippen molar-refractivity contribution in [1.29, 1.82) is 0 Å². The lowest BCUT2D eigenvalue weighted by Gasteiger charge is -2.01. The van der Waals surface area contributed by atoms with E-state index >= 15 is 0 Å². The van der Waals surface area contributed by atoms with Gasteiger partial charge in [0.2, 0.25) is 0 Å². The van der Waals surface area contributed by atoms with Crippen molar-refractivity contribution in [3.8, 4) is 0 Å². The van der Waals surface area contributed by atoms with Gasteiger partial charge in [0.25, 0.3) is 0 Å². The Bertz CT molecular complexity index is 1050. The molecule has 280 valence electrons. The topological polar surface area (TPSA) is 94.7 Å². The summed E-state index contributed by atoms with van der Waals surface area (Å²) in [6.45, 7) is 25.8. The lowest BCUT2D eigenvalue weighted by atomic mass is 10.1. The molecule has 0 aromatic carbocycles. The van der Waals surface area contributed by atoms with Gasteiger partial charge in [-0.15, -0.1) is 11.3 Å². The van der Waals surface area contributed by atoms with Gasteiger partial charge in [-0.3, -0.25) is 4.98 Å². The Kier molecular flexibility index (Phi) is 45.5. The summed E-state index contributed by atoms with van der Waals surface area (Å²) < 4.78 is 0. The SMILES string of the molecule is C.C.C.C.CC(C)Cc1ccccn1.CC(C)Cc1cscn1.CCON=CC(C)C.CON=CC(C)C.Cc1cnc(C(C)C)nc1. The van der Waals surface area contributed by atoms with Crippen molar-refractivity contribution in [2.24, 2.45) is 34.0 Å². The van der Waals surface area contributed by atoms with E-state index in [0.717, 1.165) is 30.1 Å². The summed E-state index contributed by atoms with van der Waals surface area (Å²) in [7, 11) is 1.54. The fourth-order valence-corrected chi connectivity index (χ4v) is 3.39. The molecule has 3 heterocycles. The van der Waals surface area contributed by atoms with E-state index in [1.807, 2.05) is 63.9 Å². The molecule has 3 aromatic rings. The van der Waals surface area contributed by atoms with Crippen LogP contribution in [0, 0.1) is 30.6 Å². The highest BCUT2D eigenvalue weighted by Crippen LogP contribution is 2.08. The molecule has 0 fully saturated rings. The zero-order valence-electron chi connectivity index (χ0n) is 29.7. The average molecular weight is 693 g/mol. The van der Waals surface area contributed by atoms with E-state index in [4.69, 9.17) is 4.84 Å². The average Bonchev–Trinajstić information content (AvgIpc) is 3.46. The van der Waals surface area contributed by atoms with Crippen LogP contribution in [0.3, 0.4) is 0 Å². The number of oxime groups is 2. The molecule has 9 heteroatoms. The number of hydrogen-bond donors (Lipinski definition) is 0. The van der Waals surface area contributed by atoms with E-state index in [-0.39, 0.29) is 29.7 Å². The molecule has 3 aromatic heterocycles. The Labute approximate surface area is 302 Å². The minimum atomic E-state index is 0. The number of hydrogen-bond acceptors (Lipinski definition) is 9. The molecular weight excluding hydrogens is 617 g/mol. The van der Waals surface area contributed by atoms with E-state index in [1.165, 1.54) is 11.4 Å². The highest BCUT2D eigenvalue weighted by Gasteiger charge is 1.99. The molecule has 0 saturated carbocycles. The van der Waals surface area contributed by atoms with Gasteiger partial charge < -0.3 is 9.68 Å². The minimum absolute atomic E-state index is 0. The summed E-state index contributed by atoms with van der Waals surface area (Å²) in [4.78, 5) is 25.9. The molecule has 0 aliphatic heterocycles. The van der Waals surface area contributed by atoms with Gasteiger partial charge in [0.05, 0.1) is 11.2 Å². The Morgan fingerprint density at radius 1 is 0.729 bits per heavy atom. The van der Waals surface area contributed by atoms with Crippen molar-refractivity contribution in [3.63, 3.8) is 0 Å². The second-order valence-corrected chi connectivity index (χ2v) is 12.6. The number of rotatable bonds is 10. The van der Waals surface area contributed by atoms with E-state index in [2.05, 4.69) is 102 Å². The first-order valence-corrected chi connectivity index (χ1v) is 16.5. The first kappa shape index (κ1) is 57.1. The van der Waals surface area contributed by atoms with Crippen LogP contribution in [-0.4, -0.2) is 46.1 Å². The van der Waals surface area contributed by atoms with Crippen LogP contribution in [0.5, 0.6) is 0 Å². The number of aromatic nitrogens is 4. The van der Waals surface area contributed by atoms with Crippen molar-refractivity contribution in [3.05, 3.63) is 70.5 Å². The van der Waals surface area contributed by atoms with Gasteiger partial charge in [0, 0.05) is 48.0 Å². The van der Waals surface area contributed by atoms with Crippen LogP contribution in [-0.2, 0) is 22.5 Å². The summed E-state index contributed by atoms with van der Waals surface area (Å²) in [6, 6.07) is 6.05. The lowest BCUT2D eigenvalue weighted by Crippen LogP contribution is -1.95. The zero-order chi connectivity index (χ0) is 33.8. The predicted molar refractivity (Wildman–Crippen MR) is 217 cm³/mol. The lowest BCUT2D eigenvalue weighted by molar-refractivity contribution is 0.159. The zero-order valence-corrected chi connectivity index (χ0v) is 30.5. The quantitative estimate of drug-likeness (QED) is 0.155. The number of thiazole rings is 1. The Morgan fingerprint density at radius 3 is 1.60 bits per heavy atom. The first-order valence-electron chi connectivity index (χ1n) is 15.6.